The molecule has 1 saturated heterocycles. The van der Waals surface area contributed by atoms with E-state index in [1.165, 1.54) is 12.1 Å². The zero-order valence-corrected chi connectivity index (χ0v) is 17.0. The molecule has 27 heavy (non-hydrogen) atoms. The molecule has 1 aliphatic heterocycles. The Labute approximate surface area is 161 Å². The van der Waals surface area contributed by atoms with Crippen molar-refractivity contribution in [2.45, 2.75) is 44.6 Å². The van der Waals surface area contributed by atoms with Gasteiger partial charge in [-0.15, -0.1) is 0 Å². The number of ether oxygens (including phenoxy) is 1. The van der Waals surface area contributed by atoms with E-state index in [0.29, 0.717) is 24.7 Å². The van der Waals surface area contributed by atoms with E-state index in [2.05, 4.69) is 23.5 Å². The lowest BCUT2D eigenvalue weighted by atomic mass is 9.92. The molecule has 9 heteroatoms. The van der Waals surface area contributed by atoms with E-state index in [-0.39, 0.29) is 23.2 Å². The SMILES string of the molecule is CCC(CC)C(CNS(=O)(=O)c1cc([N+](=O)[O-])ccc1C)N1CCOCC1. The lowest BCUT2D eigenvalue weighted by Gasteiger charge is -2.38. The van der Waals surface area contributed by atoms with Crippen LogP contribution in [0.15, 0.2) is 23.1 Å². The van der Waals surface area contributed by atoms with E-state index in [1.54, 1.807) is 6.92 Å². The van der Waals surface area contributed by atoms with Gasteiger partial charge in [0.05, 0.1) is 23.0 Å². The van der Waals surface area contributed by atoms with Crippen molar-refractivity contribution in [1.29, 1.82) is 0 Å². The van der Waals surface area contributed by atoms with Crippen molar-refractivity contribution in [1.82, 2.24) is 9.62 Å². The summed E-state index contributed by atoms with van der Waals surface area (Å²) in [5.74, 6) is 0.358. The Hall–Kier alpha value is -1.55. The maximum Gasteiger partial charge on any atom is 0.270 e. The molecule has 0 aromatic heterocycles. The normalized spacial score (nSPS) is 17.2. The summed E-state index contributed by atoms with van der Waals surface area (Å²) < 4.78 is 33.8. The van der Waals surface area contributed by atoms with Gasteiger partial charge in [-0.05, 0) is 18.4 Å². The van der Waals surface area contributed by atoms with Gasteiger partial charge in [0.25, 0.3) is 5.69 Å². The molecule has 1 aromatic rings. The molecule has 0 radical (unpaired) electrons. The average molecular weight is 400 g/mol. The third-order valence-electron chi connectivity index (χ3n) is 5.26. The number of sulfonamides is 1. The molecule has 8 nitrogen and oxygen atoms in total. The molecule has 1 aromatic carbocycles. The van der Waals surface area contributed by atoms with Crippen molar-refractivity contribution in [3.8, 4) is 0 Å². The van der Waals surface area contributed by atoms with Crippen molar-refractivity contribution in [2.75, 3.05) is 32.8 Å². The third kappa shape index (κ3) is 5.47. The Morgan fingerprint density at radius 1 is 1.26 bits per heavy atom. The molecule has 1 unspecified atom stereocenters. The number of hydrogen-bond donors (Lipinski definition) is 1. The minimum Gasteiger partial charge on any atom is -0.379 e. The van der Waals surface area contributed by atoms with E-state index >= 15 is 0 Å². The molecule has 1 atom stereocenters. The number of non-ortho nitro benzene ring substituents is 1. The molecule has 0 aliphatic carbocycles. The Morgan fingerprint density at radius 2 is 1.89 bits per heavy atom. The van der Waals surface area contributed by atoms with E-state index in [9.17, 15) is 18.5 Å². The van der Waals surface area contributed by atoms with Crippen LogP contribution in [0.2, 0.25) is 0 Å². The van der Waals surface area contributed by atoms with Gasteiger partial charge in [0.15, 0.2) is 0 Å². The molecule has 1 aliphatic rings. The van der Waals surface area contributed by atoms with Gasteiger partial charge in [-0.25, -0.2) is 13.1 Å². The predicted octanol–water partition coefficient (Wildman–Crippen LogP) is 2.32. The summed E-state index contributed by atoms with van der Waals surface area (Å²) in [4.78, 5) is 12.7. The number of morpholine rings is 1. The molecular weight excluding hydrogens is 370 g/mol. The van der Waals surface area contributed by atoms with Crippen LogP contribution in [-0.2, 0) is 14.8 Å². The summed E-state index contributed by atoms with van der Waals surface area (Å²) in [5, 5.41) is 11.0. The smallest absolute Gasteiger partial charge is 0.270 e. The van der Waals surface area contributed by atoms with Crippen LogP contribution in [-0.4, -0.2) is 57.1 Å². The van der Waals surface area contributed by atoms with E-state index in [0.717, 1.165) is 32.0 Å². The van der Waals surface area contributed by atoms with Crippen molar-refractivity contribution in [2.24, 2.45) is 5.92 Å². The first-order chi connectivity index (χ1) is 12.8. The van der Waals surface area contributed by atoms with Gasteiger partial charge in [-0.2, -0.15) is 0 Å². The first-order valence-electron chi connectivity index (χ1n) is 9.36. The predicted molar refractivity (Wildman–Crippen MR) is 103 cm³/mol. The molecule has 1 N–H and O–H groups in total. The number of hydrogen-bond acceptors (Lipinski definition) is 6. The van der Waals surface area contributed by atoms with Crippen LogP contribution in [0.25, 0.3) is 0 Å². The van der Waals surface area contributed by atoms with Crippen LogP contribution in [0, 0.1) is 23.0 Å². The molecule has 2 rings (SSSR count). The second-order valence-corrected chi connectivity index (χ2v) is 8.59. The highest BCUT2D eigenvalue weighted by Crippen LogP contribution is 2.23. The fourth-order valence-electron chi connectivity index (χ4n) is 3.60. The van der Waals surface area contributed by atoms with Crippen LogP contribution in [0.3, 0.4) is 0 Å². The van der Waals surface area contributed by atoms with Gasteiger partial charge >= 0.3 is 0 Å². The van der Waals surface area contributed by atoms with Crippen LogP contribution in [0.5, 0.6) is 0 Å². The summed E-state index contributed by atoms with van der Waals surface area (Å²) in [7, 11) is -3.84. The average Bonchev–Trinajstić information content (AvgIpc) is 2.65. The number of nitro benzene ring substituents is 1. The first-order valence-corrected chi connectivity index (χ1v) is 10.8. The van der Waals surface area contributed by atoms with Crippen LogP contribution < -0.4 is 4.72 Å². The second kappa shape index (κ2) is 9.59. The highest BCUT2D eigenvalue weighted by molar-refractivity contribution is 7.89. The molecule has 1 fully saturated rings. The number of benzene rings is 1. The summed E-state index contributed by atoms with van der Waals surface area (Å²) in [6.07, 6.45) is 1.91. The lowest BCUT2D eigenvalue weighted by molar-refractivity contribution is -0.385. The molecular formula is C18H29N3O5S. The molecule has 0 spiro atoms. The van der Waals surface area contributed by atoms with E-state index in [1.807, 2.05) is 0 Å². The monoisotopic (exact) mass is 399 g/mol. The number of rotatable bonds is 9. The van der Waals surface area contributed by atoms with E-state index < -0.39 is 14.9 Å². The van der Waals surface area contributed by atoms with Crippen LogP contribution in [0.1, 0.15) is 32.3 Å². The van der Waals surface area contributed by atoms with Crippen molar-refractivity contribution in [3.05, 3.63) is 33.9 Å². The number of nitrogens with zero attached hydrogens (tertiary/aromatic N) is 2. The molecule has 1 heterocycles. The minimum absolute atomic E-state index is 0.0398. The first kappa shape index (κ1) is 21.7. The highest BCUT2D eigenvalue weighted by Gasteiger charge is 2.29. The highest BCUT2D eigenvalue weighted by atomic mass is 32.2. The fourth-order valence-corrected chi connectivity index (χ4v) is 4.91. The van der Waals surface area contributed by atoms with Gasteiger partial charge in [0.1, 0.15) is 0 Å². The largest absolute Gasteiger partial charge is 0.379 e. The lowest BCUT2D eigenvalue weighted by Crippen LogP contribution is -2.52. The van der Waals surface area contributed by atoms with Gasteiger partial charge < -0.3 is 4.74 Å². The molecule has 0 saturated carbocycles. The third-order valence-corrected chi connectivity index (χ3v) is 6.83. The van der Waals surface area contributed by atoms with Crippen LogP contribution in [0.4, 0.5) is 5.69 Å². The maximum atomic E-state index is 12.8. The molecule has 0 bridgehead atoms. The fraction of sp³-hybridized carbons (Fsp3) is 0.667. The summed E-state index contributed by atoms with van der Waals surface area (Å²) in [6.45, 7) is 8.98. The molecule has 0 amide bonds. The van der Waals surface area contributed by atoms with Crippen molar-refractivity contribution < 1.29 is 18.1 Å². The van der Waals surface area contributed by atoms with Gasteiger partial charge in [0.2, 0.25) is 10.0 Å². The maximum absolute atomic E-state index is 12.8. The number of nitro groups is 1. The Morgan fingerprint density at radius 3 is 2.44 bits per heavy atom. The molecule has 152 valence electrons. The van der Waals surface area contributed by atoms with Crippen molar-refractivity contribution in [3.63, 3.8) is 0 Å². The van der Waals surface area contributed by atoms with E-state index in [4.69, 9.17) is 4.74 Å². The van der Waals surface area contributed by atoms with Gasteiger partial charge in [-0.1, -0.05) is 32.8 Å². The van der Waals surface area contributed by atoms with Crippen LogP contribution >= 0.6 is 0 Å². The van der Waals surface area contributed by atoms with Gasteiger partial charge in [-0.3, -0.25) is 15.0 Å². The Kier molecular flexibility index (Phi) is 7.72. The number of nitrogens with one attached hydrogen (secondary N) is 1. The topological polar surface area (TPSA) is 102 Å². The number of aryl methyl sites for hydroxylation is 1. The Balaban J connectivity index is 2.21. The summed E-state index contributed by atoms with van der Waals surface area (Å²) in [5.41, 5.74) is 0.254. The Bertz CT molecular complexity index is 743. The summed E-state index contributed by atoms with van der Waals surface area (Å²) in [6, 6.07) is 3.97. The van der Waals surface area contributed by atoms with Crippen molar-refractivity contribution >= 4 is 15.7 Å². The second-order valence-electron chi connectivity index (χ2n) is 6.85. The standard InChI is InChI=1S/C18H29N3O5S/c1-4-15(5-2)17(20-8-10-26-11-9-20)13-19-27(24,25)18-12-16(21(22)23)7-6-14(18)3/h6-7,12,15,17,19H,4-5,8-11,13H2,1-3H3. The zero-order valence-electron chi connectivity index (χ0n) is 16.2. The quantitative estimate of drug-likeness (QED) is 0.505. The van der Waals surface area contributed by atoms with Gasteiger partial charge in [0, 0.05) is 37.8 Å². The minimum atomic E-state index is -3.84. The summed E-state index contributed by atoms with van der Waals surface area (Å²) >= 11 is 0. The zero-order chi connectivity index (χ0) is 20.0.